The van der Waals surface area contributed by atoms with Crippen molar-refractivity contribution >= 4 is 0 Å². The zero-order valence-electron chi connectivity index (χ0n) is 11.1. The van der Waals surface area contributed by atoms with Gasteiger partial charge in [-0.05, 0) is 37.1 Å². The Kier molecular flexibility index (Phi) is 4.43. The van der Waals surface area contributed by atoms with Crippen molar-refractivity contribution in [3.8, 4) is 5.75 Å². The minimum absolute atomic E-state index is 0.151. The van der Waals surface area contributed by atoms with Crippen LogP contribution in [-0.4, -0.2) is 16.6 Å². The minimum Gasteiger partial charge on any atom is -0.492 e. The van der Waals surface area contributed by atoms with Crippen molar-refractivity contribution in [3.63, 3.8) is 0 Å². The fourth-order valence-corrected chi connectivity index (χ4v) is 2.01. The smallest absolute Gasteiger partial charge is 0.137 e. The average molecular weight is 258 g/mol. The Hall–Kier alpha value is -1.98. The highest BCUT2D eigenvalue weighted by molar-refractivity contribution is 5.35. The molecule has 0 aromatic carbocycles. The van der Waals surface area contributed by atoms with Gasteiger partial charge in [-0.3, -0.25) is 15.8 Å². The number of ether oxygens (including phenoxy) is 1. The van der Waals surface area contributed by atoms with Gasteiger partial charge in [-0.15, -0.1) is 0 Å². The monoisotopic (exact) mass is 258 g/mol. The maximum atomic E-state index is 5.68. The SMILES string of the molecule is CCOc1cncc(C(NN)c2cccnc2C)c1. The molecule has 0 amide bonds. The zero-order chi connectivity index (χ0) is 13.7. The highest BCUT2D eigenvalue weighted by Gasteiger charge is 2.16. The first-order valence-electron chi connectivity index (χ1n) is 6.21. The molecule has 0 radical (unpaired) electrons. The summed E-state index contributed by atoms with van der Waals surface area (Å²) in [6, 6.07) is 5.68. The molecule has 0 aliphatic rings. The van der Waals surface area contributed by atoms with E-state index in [1.807, 2.05) is 32.0 Å². The molecule has 2 aromatic rings. The lowest BCUT2D eigenvalue weighted by molar-refractivity contribution is 0.338. The number of hydrogen-bond donors (Lipinski definition) is 2. The zero-order valence-corrected chi connectivity index (χ0v) is 11.1. The van der Waals surface area contributed by atoms with Gasteiger partial charge in [-0.1, -0.05) is 6.07 Å². The molecule has 1 unspecified atom stereocenters. The number of aromatic nitrogens is 2. The van der Waals surface area contributed by atoms with Crippen LogP contribution in [-0.2, 0) is 0 Å². The van der Waals surface area contributed by atoms with Gasteiger partial charge < -0.3 is 4.74 Å². The van der Waals surface area contributed by atoms with Crippen molar-refractivity contribution in [2.45, 2.75) is 19.9 Å². The van der Waals surface area contributed by atoms with Crippen LogP contribution in [0, 0.1) is 6.92 Å². The summed E-state index contributed by atoms with van der Waals surface area (Å²) in [5.41, 5.74) is 5.72. The molecular weight excluding hydrogens is 240 g/mol. The normalized spacial score (nSPS) is 12.2. The molecule has 2 rings (SSSR count). The van der Waals surface area contributed by atoms with Crippen LogP contribution in [0.5, 0.6) is 5.75 Å². The Labute approximate surface area is 112 Å². The van der Waals surface area contributed by atoms with Crippen LogP contribution in [0.2, 0.25) is 0 Å². The number of aryl methyl sites for hydroxylation is 1. The fourth-order valence-electron chi connectivity index (χ4n) is 2.01. The third-order valence-corrected chi connectivity index (χ3v) is 2.90. The van der Waals surface area contributed by atoms with Crippen molar-refractivity contribution < 1.29 is 4.74 Å². The van der Waals surface area contributed by atoms with Crippen LogP contribution in [0.25, 0.3) is 0 Å². The Morgan fingerprint density at radius 1 is 1.42 bits per heavy atom. The number of pyridine rings is 2. The van der Waals surface area contributed by atoms with Gasteiger partial charge in [0, 0.05) is 18.1 Å². The summed E-state index contributed by atoms with van der Waals surface area (Å²) < 4.78 is 5.46. The molecule has 0 spiro atoms. The number of rotatable bonds is 5. The summed E-state index contributed by atoms with van der Waals surface area (Å²) >= 11 is 0. The number of nitrogens with two attached hydrogens (primary N) is 1. The van der Waals surface area contributed by atoms with Crippen molar-refractivity contribution in [2.75, 3.05) is 6.61 Å². The molecule has 0 aliphatic carbocycles. The van der Waals surface area contributed by atoms with Gasteiger partial charge in [0.25, 0.3) is 0 Å². The lowest BCUT2D eigenvalue weighted by atomic mass is 10.00. The number of hydrazine groups is 1. The largest absolute Gasteiger partial charge is 0.492 e. The number of hydrogen-bond acceptors (Lipinski definition) is 5. The molecule has 19 heavy (non-hydrogen) atoms. The summed E-state index contributed by atoms with van der Waals surface area (Å²) in [5, 5.41) is 0. The Morgan fingerprint density at radius 2 is 2.26 bits per heavy atom. The Balaban J connectivity index is 2.37. The van der Waals surface area contributed by atoms with Crippen LogP contribution in [0.15, 0.2) is 36.8 Å². The molecule has 2 heterocycles. The van der Waals surface area contributed by atoms with Crippen molar-refractivity contribution in [1.82, 2.24) is 15.4 Å². The van der Waals surface area contributed by atoms with E-state index in [9.17, 15) is 0 Å². The number of nitrogens with one attached hydrogen (secondary N) is 1. The summed E-state index contributed by atoms with van der Waals surface area (Å²) in [7, 11) is 0. The third kappa shape index (κ3) is 3.07. The molecule has 0 aliphatic heterocycles. The predicted molar refractivity (Wildman–Crippen MR) is 73.5 cm³/mol. The molecule has 3 N–H and O–H groups in total. The highest BCUT2D eigenvalue weighted by Crippen LogP contribution is 2.25. The van der Waals surface area contributed by atoms with Crippen LogP contribution < -0.4 is 16.0 Å². The van der Waals surface area contributed by atoms with Crippen molar-refractivity contribution in [3.05, 3.63) is 53.6 Å². The van der Waals surface area contributed by atoms with Gasteiger partial charge in [0.15, 0.2) is 0 Å². The van der Waals surface area contributed by atoms with E-state index in [-0.39, 0.29) is 6.04 Å². The summed E-state index contributed by atoms with van der Waals surface area (Å²) in [6.45, 7) is 4.51. The maximum Gasteiger partial charge on any atom is 0.137 e. The lowest BCUT2D eigenvalue weighted by Crippen LogP contribution is -2.29. The van der Waals surface area contributed by atoms with Crippen LogP contribution >= 0.6 is 0 Å². The third-order valence-electron chi connectivity index (χ3n) is 2.90. The molecular formula is C14H18N4O. The van der Waals surface area contributed by atoms with Crippen LogP contribution in [0.3, 0.4) is 0 Å². The van der Waals surface area contributed by atoms with Crippen molar-refractivity contribution in [1.29, 1.82) is 0 Å². The predicted octanol–water partition coefficient (Wildman–Crippen LogP) is 1.74. The van der Waals surface area contributed by atoms with E-state index in [1.165, 1.54) is 0 Å². The van der Waals surface area contributed by atoms with Gasteiger partial charge in [0.05, 0.1) is 18.8 Å². The summed E-state index contributed by atoms with van der Waals surface area (Å²) in [4.78, 5) is 8.47. The molecule has 0 fully saturated rings. The first-order valence-corrected chi connectivity index (χ1v) is 6.21. The molecule has 100 valence electrons. The van der Waals surface area contributed by atoms with E-state index in [0.29, 0.717) is 6.61 Å². The second kappa shape index (κ2) is 6.26. The fraction of sp³-hybridized carbons (Fsp3) is 0.286. The lowest BCUT2D eigenvalue weighted by Gasteiger charge is -2.18. The maximum absolute atomic E-state index is 5.68. The molecule has 0 saturated carbocycles. The Bertz CT molecular complexity index is 544. The van der Waals surface area contributed by atoms with Crippen LogP contribution in [0.4, 0.5) is 0 Å². The topological polar surface area (TPSA) is 73.1 Å². The summed E-state index contributed by atoms with van der Waals surface area (Å²) in [6.07, 6.45) is 5.23. The summed E-state index contributed by atoms with van der Waals surface area (Å²) in [5.74, 6) is 6.42. The van der Waals surface area contributed by atoms with E-state index in [4.69, 9.17) is 10.6 Å². The van der Waals surface area contributed by atoms with Gasteiger partial charge in [0.1, 0.15) is 5.75 Å². The second-order valence-electron chi connectivity index (χ2n) is 4.16. The molecule has 0 saturated heterocycles. The quantitative estimate of drug-likeness (QED) is 0.631. The Morgan fingerprint density at radius 3 is 2.95 bits per heavy atom. The van der Waals surface area contributed by atoms with Gasteiger partial charge >= 0.3 is 0 Å². The van der Waals surface area contributed by atoms with Crippen molar-refractivity contribution in [2.24, 2.45) is 5.84 Å². The van der Waals surface area contributed by atoms with E-state index < -0.39 is 0 Å². The van der Waals surface area contributed by atoms with Gasteiger partial charge in [-0.25, -0.2) is 5.43 Å². The number of nitrogens with zero attached hydrogens (tertiary/aromatic N) is 2. The van der Waals surface area contributed by atoms with E-state index in [2.05, 4.69) is 15.4 Å². The average Bonchev–Trinajstić information content (AvgIpc) is 2.43. The second-order valence-corrected chi connectivity index (χ2v) is 4.16. The van der Waals surface area contributed by atoms with Gasteiger partial charge in [-0.2, -0.15) is 0 Å². The van der Waals surface area contributed by atoms with Gasteiger partial charge in [0.2, 0.25) is 0 Å². The first kappa shape index (κ1) is 13.5. The first-order chi connectivity index (χ1) is 9.26. The standard InChI is InChI=1S/C14H18N4O/c1-3-19-12-7-11(8-16-9-12)14(18-15)13-5-4-6-17-10(13)2/h4-9,14,18H,3,15H2,1-2H3. The van der Waals surface area contributed by atoms with Crippen LogP contribution in [0.1, 0.15) is 29.8 Å². The molecule has 2 aromatic heterocycles. The van der Waals surface area contributed by atoms with E-state index in [1.54, 1.807) is 18.6 Å². The minimum atomic E-state index is -0.151. The molecule has 1 atom stereocenters. The molecule has 5 heteroatoms. The van der Waals surface area contributed by atoms with E-state index >= 15 is 0 Å². The molecule has 5 nitrogen and oxygen atoms in total. The van der Waals surface area contributed by atoms with E-state index in [0.717, 1.165) is 22.6 Å². The highest BCUT2D eigenvalue weighted by atomic mass is 16.5. The molecule has 0 bridgehead atoms.